The van der Waals surface area contributed by atoms with Crippen LogP contribution in [0.15, 0.2) is 11.4 Å². The first kappa shape index (κ1) is 11.8. The summed E-state index contributed by atoms with van der Waals surface area (Å²) in [5.74, 6) is -0.0261. The van der Waals surface area contributed by atoms with Crippen molar-refractivity contribution in [3.63, 3.8) is 0 Å². The first-order valence-corrected chi connectivity index (χ1v) is 6.08. The van der Waals surface area contributed by atoms with Crippen LogP contribution in [0.4, 0.5) is 0 Å². The molecule has 0 amide bonds. The van der Waals surface area contributed by atoms with Gasteiger partial charge in [0, 0.05) is 5.33 Å². The lowest BCUT2D eigenvalue weighted by Gasteiger charge is -2.13. The first-order valence-electron chi connectivity index (χ1n) is 4.07. The lowest BCUT2D eigenvalue weighted by Crippen LogP contribution is -2.18. The van der Waals surface area contributed by atoms with Crippen molar-refractivity contribution < 1.29 is 15.0 Å². The molecule has 0 aromatic carbocycles. The number of alkyl halides is 1. The fourth-order valence-electron chi connectivity index (χ4n) is 0.997. The minimum Gasteiger partial charge on any atom is -0.389 e. The Morgan fingerprint density at radius 1 is 1.64 bits per heavy atom. The minimum atomic E-state index is -0.932. The summed E-state index contributed by atoms with van der Waals surface area (Å²) in [6.45, 7) is 1.48. The summed E-state index contributed by atoms with van der Waals surface area (Å²) < 4.78 is 0. The molecule has 0 spiro atoms. The second kappa shape index (κ2) is 5.02. The van der Waals surface area contributed by atoms with Crippen LogP contribution in [-0.2, 0) is 0 Å². The van der Waals surface area contributed by atoms with Gasteiger partial charge in [0.15, 0.2) is 5.78 Å². The first-order chi connectivity index (χ1) is 6.56. The third-order valence-electron chi connectivity index (χ3n) is 1.83. The summed E-state index contributed by atoms with van der Waals surface area (Å²) in [4.78, 5) is 11.6. The van der Waals surface area contributed by atoms with Gasteiger partial charge in [-0.05, 0) is 23.9 Å². The number of ketones is 1. The number of Topliss-reactive ketones (excluding diaryl/α,β-unsaturated/α-hetero) is 1. The van der Waals surface area contributed by atoms with Gasteiger partial charge >= 0.3 is 0 Å². The zero-order valence-corrected chi connectivity index (χ0v) is 10.0. The molecule has 78 valence electrons. The molecule has 0 bridgehead atoms. The van der Waals surface area contributed by atoms with Crippen LogP contribution in [0.3, 0.4) is 0 Å². The summed E-state index contributed by atoms with van der Waals surface area (Å²) in [6, 6.07) is 1.61. The lowest BCUT2D eigenvalue weighted by molar-refractivity contribution is 0.0345. The Labute approximate surface area is 94.5 Å². The molecular weight excluding hydrogens is 268 g/mol. The van der Waals surface area contributed by atoms with Crippen LogP contribution in [0.25, 0.3) is 0 Å². The molecule has 0 aliphatic carbocycles. The number of rotatable bonds is 4. The standard InChI is InChI=1S/C9H11BrO3S/c1-5(11)8-2-6(4-14-8)9(13)7(12)3-10/h2,4,7,9,12-13H,3H2,1H3. The molecule has 2 atom stereocenters. The molecular formula is C9H11BrO3S. The van der Waals surface area contributed by atoms with Gasteiger partial charge in [-0.15, -0.1) is 11.3 Å². The van der Waals surface area contributed by atoms with E-state index in [1.807, 2.05) is 0 Å². The topological polar surface area (TPSA) is 57.5 Å². The fraction of sp³-hybridized carbons (Fsp3) is 0.444. The summed E-state index contributed by atoms with van der Waals surface area (Å²) in [7, 11) is 0. The smallest absolute Gasteiger partial charge is 0.169 e. The molecule has 5 heteroatoms. The second-order valence-electron chi connectivity index (χ2n) is 2.97. The Morgan fingerprint density at radius 2 is 2.29 bits per heavy atom. The number of carbonyl (C=O) groups is 1. The van der Waals surface area contributed by atoms with E-state index in [0.717, 1.165) is 0 Å². The van der Waals surface area contributed by atoms with E-state index < -0.39 is 12.2 Å². The van der Waals surface area contributed by atoms with Crippen LogP contribution in [0.1, 0.15) is 28.3 Å². The van der Waals surface area contributed by atoms with Gasteiger partial charge in [0.05, 0.1) is 11.0 Å². The normalized spacial score (nSPS) is 15.1. The highest BCUT2D eigenvalue weighted by molar-refractivity contribution is 9.09. The molecule has 0 saturated carbocycles. The van der Waals surface area contributed by atoms with Crippen molar-refractivity contribution in [2.45, 2.75) is 19.1 Å². The third kappa shape index (κ3) is 2.63. The van der Waals surface area contributed by atoms with Gasteiger partial charge in [-0.2, -0.15) is 0 Å². The SMILES string of the molecule is CC(=O)c1cc(C(O)C(O)CBr)cs1. The van der Waals surface area contributed by atoms with E-state index in [9.17, 15) is 15.0 Å². The molecule has 1 rings (SSSR count). The molecule has 1 aromatic rings. The van der Waals surface area contributed by atoms with Gasteiger partial charge in [-0.3, -0.25) is 4.79 Å². The number of aliphatic hydroxyl groups is 2. The predicted octanol–water partition coefficient (Wildman–Crippen LogP) is 1.74. The molecule has 3 nitrogen and oxygen atoms in total. The van der Waals surface area contributed by atoms with Gasteiger partial charge < -0.3 is 10.2 Å². The van der Waals surface area contributed by atoms with Crippen LogP contribution >= 0.6 is 27.3 Å². The molecule has 0 saturated heterocycles. The highest BCUT2D eigenvalue weighted by Crippen LogP contribution is 2.24. The van der Waals surface area contributed by atoms with Crippen molar-refractivity contribution in [2.24, 2.45) is 0 Å². The Balaban J connectivity index is 2.81. The van der Waals surface area contributed by atoms with Crippen molar-refractivity contribution >= 4 is 33.0 Å². The summed E-state index contributed by atoms with van der Waals surface area (Å²) in [6.07, 6.45) is -1.77. The molecule has 0 aliphatic heterocycles. The molecule has 1 heterocycles. The zero-order valence-electron chi connectivity index (χ0n) is 7.61. The average Bonchev–Trinajstić information content (AvgIpc) is 2.64. The Kier molecular flexibility index (Phi) is 4.25. The van der Waals surface area contributed by atoms with E-state index in [2.05, 4.69) is 15.9 Å². The number of hydrogen-bond acceptors (Lipinski definition) is 4. The van der Waals surface area contributed by atoms with E-state index in [4.69, 9.17) is 0 Å². The number of halogens is 1. The van der Waals surface area contributed by atoms with Gasteiger partial charge in [0.25, 0.3) is 0 Å². The maximum atomic E-state index is 11.0. The summed E-state index contributed by atoms with van der Waals surface area (Å²) in [5, 5.41) is 20.9. The Morgan fingerprint density at radius 3 is 2.71 bits per heavy atom. The van der Waals surface area contributed by atoms with Crippen LogP contribution < -0.4 is 0 Å². The monoisotopic (exact) mass is 278 g/mol. The summed E-state index contributed by atoms with van der Waals surface area (Å²) in [5.41, 5.74) is 0.590. The van der Waals surface area contributed by atoms with Crippen molar-refractivity contribution in [1.82, 2.24) is 0 Å². The number of aliphatic hydroxyl groups excluding tert-OH is 2. The van der Waals surface area contributed by atoms with Crippen molar-refractivity contribution in [3.8, 4) is 0 Å². The zero-order chi connectivity index (χ0) is 10.7. The van der Waals surface area contributed by atoms with Crippen molar-refractivity contribution in [3.05, 3.63) is 21.9 Å². The molecule has 0 aliphatic rings. The third-order valence-corrected chi connectivity index (χ3v) is 3.54. The van der Waals surface area contributed by atoms with Crippen molar-refractivity contribution in [2.75, 3.05) is 5.33 Å². The van der Waals surface area contributed by atoms with Crippen LogP contribution in [0, 0.1) is 0 Å². The van der Waals surface area contributed by atoms with Gasteiger partial charge in [0.1, 0.15) is 6.10 Å². The van der Waals surface area contributed by atoms with E-state index in [-0.39, 0.29) is 5.78 Å². The van der Waals surface area contributed by atoms with E-state index in [0.29, 0.717) is 15.8 Å². The molecule has 2 N–H and O–H groups in total. The molecule has 0 fully saturated rings. The maximum Gasteiger partial charge on any atom is 0.169 e. The Hall–Kier alpha value is -0.230. The largest absolute Gasteiger partial charge is 0.389 e. The summed E-state index contributed by atoms with van der Waals surface area (Å²) >= 11 is 4.35. The van der Waals surface area contributed by atoms with Crippen molar-refractivity contribution in [1.29, 1.82) is 0 Å². The molecule has 2 unspecified atom stereocenters. The van der Waals surface area contributed by atoms with Crippen LogP contribution in [-0.4, -0.2) is 27.4 Å². The number of thiophene rings is 1. The lowest BCUT2D eigenvalue weighted by atomic mass is 10.1. The second-order valence-corrected chi connectivity index (χ2v) is 4.53. The number of hydrogen-bond donors (Lipinski definition) is 2. The molecule has 14 heavy (non-hydrogen) atoms. The van der Waals surface area contributed by atoms with Crippen LogP contribution in [0.5, 0.6) is 0 Å². The van der Waals surface area contributed by atoms with E-state index >= 15 is 0 Å². The molecule has 1 aromatic heterocycles. The Bertz CT molecular complexity index is 324. The fourth-order valence-corrected chi connectivity index (χ4v) is 2.19. The van der Waals surface area contributed by atoms with E-state index in [1.165, 1.54) is 18.3 Å². The van der Waals surface area contributed by atoms with E-state index in [1.54, 1.807) is 11.4 Å². The highest BCUT2D eigenvalue weighted by Gasteiger charge is 2.19. The maximum absolute atomic E-state index is 11.0. The number of carbonyl (C=O) groups excluding carboxylic acids is 1. The minimum absolute atomic E-state index is 0.0261. The predicted molar refractivity (Wildman–Crippen MR) is 59.1 cm³/mol. The van der Waals surface area contributed by atoms with Gasteiger partial charge in [0.2, 0.25) is 0 Å². The quantitative estimate of drug-likeness (QED) is 0.652. The van der Waals surface area contributed by atoms with Gasteiger partial charge in [-0.1, -0.05) is 15.9 Å². The average molecular weight is 279 g/mol. The van der Waals surface area contributed by atoms with Crippen LogP contribution in [0.2, 0.25) is 0 Å². The van der Waals surface area contributed by atoms with Gasteiger partial charge in [-0.25, -0.2) is 0 Å². The highest BCUT2D eigenvalue weighted by atomic mass is 79.9. The molecule has 0 radical (unpaired) electrons.